The quantitative estimate of drug-likeness (QED) is 0.496. The Balaban J connectivity index is 1.29. The molecule has 0 aliphatic carbocycles. The molecule has 1 saturated heterocycles. The van der Waals surface area contributed by atoms with Gasteiger partial charge < -0.3 is 9.64 Å². The third-order valence-electron chi connectivity index (χ3n) is 5.32. The number of ether oxygens (including phenoxy) is 1. The lowest BCUT2D eigenvalue weighted by atomic mass is 10.2. The van der Waals surface area contributed by atoms with Crippen LogP contribution in [0.3, 0.4) is 0 Å². The van der Waals surface area contributed by atoms with E-state index in [2.05, 4.69) is 4.90 Å². The van der Waals surface area contributed by atoms with Gasteiger partial charge in [-0.1, -0.05) is 29.8 Å². The third-order valence-corrected chi connectivity index (χ3v) is 6.60. The van der Waals surface area contributed by atoms with Gasteiger partial charge in [0.05, 0.1) is 9.90 Å². The zero-order chi connectivity index (χ0) is 21.8. The molecule has 31 heavy (non-hydrogen) atoms. The van der Waals surface area contributed by atoms with Gasteiger partial charge in [-0.05, 0) is 53.8 Å². The molecule has 3 aromatic rings. The lowest BCUT2D eigenvalue weighted by Crippen LogP contribution is -2.48. The normalized spacial score (nSPS) is 14.6. The number of carbonyl (C=O) groups excluding carboxylic acids is 1. The van der Waals surface area contributed by atoms with Crippen molar-refractivity contribution < 1.29 is 13.9 Å². The van der Waals surface area contributed by atoms with E-state index in [0.717, 1.165) is 41.2 Å². The molecule has 1 amide bonds. The minimum Gasteiger partial charge on any atom is -0.487 e. The molecule has 0 unspecified atom stereocenters. The molecule has 0 radical (unpaired) electrons. The maximum Gasteiger partial charge on any atom is 0.264 e. The maximum absolute atomic E-state index is 13.1. The van der Waals surface area contributed by atoms with E-state index >= 15 is 0 Å². The number of hydrogen-bond donors (Lipinski definition) is 0. The van der Waals surface area contributed by atoms with Crippen LogP contribution in [0.5, 0.6) is 5.75 Å². The van der Waals surface area contributed by atoms with E-state index in [9.17, 15) is 9.18 Å². The van der Waals surface area contributed by atoms with Crippen LogP contribution in [-0.2, 0) is 13.2 Å². The molecule has 1 aliphatic rings. The minimum absolute atomic E-state index is 0.0614. The van der Waals surface area contributed by atoms with Crippen LogP contribution in [0, 0.1) is 12.7 Å². The zero-order valence-electron chi connectivity index (χ0n) is 17.3. The van der Waals surface area contributed by atoms with Crippen molar-refractivity contribution in [2.24, 2.45) is 0 Å². The number of piperazine rings is 1. The minimum atomic E-state index is -0.220. The standard InChI is InChI=1S/C24H24ClFN2O2S/c1-17-2-7-21(25)22(12-17)30-15-19-13-23(31-16-19)24(29)28-10-8-27(9-11-28)14-18-3-5-20(26)6-4-18/h2-7,12-13,16H,8-11,14-15H2,1H3. The van der Waals surface area contributed by atoms with Gasteiger partial charge in [0, 0.05) is 38.3 Å². The van der Waals surface area contributed by atoms with E-state index in [-0.39, 0.29) is 11.7 Å². The summed E-state index contributed by atoms with van der Waals surface area (Å²) >= 11 is 7.63. The molecule has 0 saturated carbocycles. The second-order valence-corrected chi connectivity index (χ2v) is 9.06. The molecule has 4 rings (SSSR count). The average molecular weight is 459 g/mol. The first kappa shape index (κ1) is 21.8. The first-order valence-corrected chi connectivity index (χ1v) is 11.5. The molecule has 162 valence electrons. The molecular weight excluding hydrogens is 435 g/mol. The fourth-order valence-corrected chi connectivity index (χ4v) is 4.59. The van der Waals surface area contributed by atoms with Crippen LogP contribution in [0.25, 0.3) is 0 Å². The number of thiophene rings is 1. The van der Waals surface area contributed by atoms with Crippen molar-refractivity contribution in [1.29, 1.82) is 0 Å². The molecule has 4 nitrogen and oxygen atoms in total. The van der Waals surface area contributed by atoms with Gasteiger partial charge in [0.1, 0.15) is 18.2 Å². The van der Waals surface area contributed by atoms with Crippen molar-refractivity contribution in [3.8, 4) is 5.75 Å². The van der Waals surface area contributed by atoms with Gasteiger partial charge in [-0.2, -0.15) is 0 Å². The molecular formula is C24H24ClFN2O2S. The van der Waals surface area contributed by atoms with Crippen molar-refractivity contribution >= 4 is 28.8 Å². The average Bonchev–Trinajstić information content (AvgIpc) is 3.25. The van der Waals surface area contributed by atoms with Crippen LogP contribution in [0.1, 0.15) is 26.4 Å². The number of rotatable bonds is 6. The Labute approximate surface area is 190 Å². The summed E-state index contributed by atoms with van der Waals surface area (Å²) in [7, 11) is 0. The largest absolute Gasteiger partial charge is 0.487 e. The molecule has 0 atom stereocenters. The van der Waals surface area contributed by atoms with E-state index in [1.54, 1.807) is 0 Å². The Morgan fingerprint density at radius 1 is 1.06 bits per heavy atom. The summed E-state index contributed by atoms with van der Waals surface area (Å²) < 4.78 is 18.9. The Hall–Kier alpha value is -2.41. The number of amides is 1. The van der Waals surface area contributed by atoms with Crippen LogP contribution >= 0.6 is 22.9 Å². The fraction of sp³-hybridized carbons (Fsp3) is 0.292. The van der Waals surface area contributed by atoms with Crippen LogP contribution in [-0.4, -0.2) is 41.9 Å². The smallest absolute Gasteiger partial charge is 0.264 e. The first-order chi connectivity index (χ1) is 15.0. The highest BCUT2D eigenvalue weighted by molar-refractivity contribution is 7.12. The van der Waals surface area contributed by atoms with Gasteiger partial charge >= 0.3 is 0 Å². The van der Waals surface area contributed by atoms with E-state index in [1.807, 2.05) is 53.6 Å². The van der Waals surface area contributed by atoms with E-state index < -0.39 is 0 Å². The predicted molar refractivity (Wildman–Crippen MR) is 122 cm³/mol. The molecule has 2 heterocycles. The summed E-state index contributed by atoms with van der Waals surface area (Å²) in [6.07, 6.45) is 0. The molecule has 0 bridgehead atoms. The summed E-state index contributed by atoms with van der Waals surface area (Å²) in [4.78, 5) is 17.8. The van der Waals surface area contributed by atoms with Crippen molar-refractivity contribution in [3.05, 3.63) is 86.3 Å². The summed E-state index contributed by atoms with van der Waals surface area (Å²) in [5.41, 5.74) is 3.12. The number of halogens is 2. The van der Waals surface area contributed by atoms with Crippen molar-refractivity contribution in [2.75, 3.05) is 26.2 Å². The fourth-order valence-electron chi connectivity index (χ4n) is 3.56. The SMILES string of the molecule is Cc1ccc(Cl)c(OCc2csc(C(=O)N3CCN(Cc4ccc(F)cc4)CC3)c2)c1. The molecule has 7 heteroatoms. The van der Waals surface area contributed by atoms with Crippen LogP contribution in [0.2, 0.25) is 5.02 Å². The molecule has 1 fully saturated rings. The van der Waals surface area contributed by atoms with Gasteiger partial charge in [-0.15, -0.1) is 11.3 Å². The number of aryl methyl sites for hydroxylation is 1. The lowest BCUT2D eigenvalue weighted by molar-refractivity contribution is 0.0633. The van der Waals surface area contributed by atoms with Crippen molar-refractivity contribution in [1.82, 2.24) is 9.80 Å². The van der Waals surface area contributed by atoms with Crippen LogP contribution in [0.15, 0.2) is 53.9 Å². The topological polar surface area (TPSA) is 32.8 Å². The second-order valence-electron chi connectivity index (χ2n) is 7.74. The van der Waals surface area contributed by atoms with Crippen LogP contribution < -0.4 is 4.74 Å². The van der Waals surface area contributed by atoms with E-state index in [4.69, 9.17) is 16.3 Å². The van der Waals surface area contributed by atoms with E-state index in [0.29, 0.717) is 30.5 Å². The summed E-state index contributed by atoms with van der Waals surface area (Å²) in [6.45, 7) is 6.10. The highest BCUT2D eigenvalue weighted by Crippen LogP contribution is 2.27. The molecule has 0 N–H and O–H groups in total. The third kappa shape index (κ3) is 5.64. The van der Waals surface area contributed by atoms with E-state index in [1.165, 1.54) is 23.5 Å². The van der Waals surface area contributed by atoms with Gasteiger partial charge in [-0.25, -0.2) is 4.39 Å². The molecule has 1 aromatic heterocycles. The van der Waals surface area contributed by atoms with Crippen LogP contribution in [0.4, 0.5) is 4.39 Å². The monoisotopic (exact) mass is 458 g/mol. The summed E-state index contributed by atoms with van der Waals surface area (Å²) in [6, 6.07) is 14.2. The Morgan fingerprint density at radius 3 is 2.55 bits per heavy atom. The van der Waals surface area contributed by atoms with Gasteiger partial charge in [-0.3, -0.25) is 9.69 Å². The predicted octanol–water partition coefficient (Wildman–Crippen LogP) is 5.39. The number of hydrogen-bond acceptors (Lipinski definition) is 4. The summed E-state index contributed by atoms with van der Waals surface area (Å²) in [5, 5.41) is 2.54. The number of nitrogens with zero attached hydrogens (tertiary/aromatic N) is 2. The summed E-state index contributed by atoms with van der Waals surface area (Å²) in [5.74, 6) is 0.492. The molecule has 2 aromatic carbocycles. The Kier molecular flexibility index (Phi) is 6.90. The lowest BCUT2D eigenvalue weighted by Gasteiger charge is -2.34. The van der Waals surface area contributed by atoms with Gasteiger partial charge in [0.2, 0.25) is 0 Å². The Morgan fingerprint density at radius 2 is 1.81 bits per heavy atom. The highest BCUT2D eigenvalue weighted by atomic mass is 35.5. The van der Waals surface area contributed by atoms with Crippen molar-refractivity contribution in [2.45, 2.75) is 20.1 Å². The zero-order valence-corrected chi connectivity index (χ0v) is 18.9. The van der Waals surface area contributed by atoms with Crippen molar-refractivity contribution in [3.63, 3.8) is 0 Å². The maximum atomic E-state index is 13.1. The Bertz CT molecular complexity index is 1050. The van der Waals surface area contributed by atoms with Gasteiger partial charge in [0.15, 0.2) is 0 Å². The first-order valence-electron chi connectivity index (χ1n) is 10.2. The number of benzene rings is 2. The highest BCUT2D eigenvalue weighted by Gasteiger charge is 2.23. The molecule has 1 aliphatic heterocycles. The second kappa shape index (κ2) is 9.81. The molecule has 0 spiro atoms. The number of carbonyl (C=O) groups is 1. The van der Waals surface area contributed by atoms with Gasteiger partial charge in [0.25, 0.3) is 5.91 Å².